The molecule has 3 aromatic rings. The molecule has 0 saturated heterocycles. The summed E-state index contributed by atoms with van der Waals surface area (Å²) in [6.07, 6.45) is -4.75. The molecule has 0 unspecified atom stereocenters. The van der Waals surface area contributed by atoms with Crippen LogP contribution in [0.2, 0.25) is 0 Å². The van der Waals surface area contributed by atoms with Crippen molar-refractivity contribution in [3.8, 4) is 5.75 Å². The number of thioether (sulfide) groups is 1. The van der Waals surface area contributed by atoms with Gasteiger partial charge in [-0.2, -0.15) is 0 Å². The zero-order chi connectivity index (χ0) is 20.9. The number of nitrogens with one attached hydrogen (secondary N) is 1. The van der Waals surface area contributed by atoms with Crippen LogP contribution in [0, 0.1) is 6.92 Å². The van der Waals surface area contributed by atoms with E-state index in [1.807, 2.05) is 41.8 Å². The first-order valence-electron chi connectivity index (χ1n) is 8.52. The largest absolute Gasteiger partial charge is 0.573 e. The lowest BCUT2D eigenvalue weighted by molar-refractivity contribution is -0.274. The van der Waals surface area contributed by atoms with Gasteiger partial charge in [-0.05, 0) is 36.8 Å². The number of halogens is 3. The molecule has 152 valence electrons. The summed E-state index contributed by atoms with van der Waals surface area (Å²) >= 11 is 1.23. The molecule has 0 fully saturated rings. The fraction of sp³-hybridized carbons (Fsp3) is 0.211. The van der Waals surface area contributed by atoms with E-state index in [1.54, 1.807) is 0 Å². The summed E-state index contributed by atoms with van der Waals surface area (Å²) in [4.78, 5) is 12.2. The average molecular weight is 422 g/mol. The number of ether oxygens (including phenoxy) is 1. The summed E-state index contributed by atoms with van der Waals surface area (Å²) < 4.78 is 42.2. The molecular formula is C19H17F3N4O2S. The van der Waals surface area contributed by atoms with Crippen LogP contribution >= 0.6 is 11.8 Å². The van der Waals surface area contributed by atoms with Gasteiger partial charge in [0.1, 0.15) is 11.6 Å². The minimum atomic E-state index is -4.75. The van der Waals surface area contributed by atoms with E-state index in [-0.39, 0.29) is 17.4 Å². The quantitative estimate of drug-likeness (QED) is 0.576. The minimum Gasteiger partial charge on any atom is -0.406 e. The van der Waals surface area contributed by atoms with Gasteiger partial charge in [-0.1, -0.05) is 42.1 Å². The molecule has 29 heavy (non-hydrogen) atoms. The van der Waals surface area contributed by atoms with Gasteiger partial charge in [0.2, 0.25) is 5.91 Å². The lowest BCUT2D eigenvalue weighted by Crippen LogP contribution is -2.17. The highest BCUT2D eigenvalue weighted by Gasteiger charge is 2.30. The molecule has 0 atom stereocenters. The van der Waals surface area contributed by atoms with Gasteiger partial charge in [0.05, 0.1) is 12.3 Å². The molecule has 3 rings (SSSR count). The molecule has 0 saturated carbocycles. The van der Waals surface area contributed by atoms with E-state index in [1.165, 1.54) is 23.9 Å². The van der Waals surface area contributed by atoms with Crippen molar-refractivity contribution in [1.29, 1.82) is 0 Å². The second kappa shape index (κ2) is 8.99. The van der Waals surface area contributed by atoms with Crippen LogP contribution in [0.1, 0.15) is 11.4 Å². The van der Waals surface area contributed by atoms with E-state index in [9.17, 15) is 18.0 Å². The molecule has 1 heterocycles. The number of carbonyl (C=O) groups excluding carboxylic acids is 1. The summed E-state index contributed by atoms with van der Waals surface area (Å²) in [7, 11) is 0. The number of nitrogens with zero attached hydrogens (tertiary/aromatic N) is 3. The molecule has 10 heteroatoms. The van der Waals surface area contributed by atoms with E-state index >= 15 is 0 Å². The maximum absolute atomic E-state index is 12.2. The SMILES string of the molecule is Cc1nnc(SCC(=O)Nc2ccc(OC(F)(F)F)cc2)n1Cc1ccccc1. The fourth-order valence-electron chi connectivity index (χ4n) is 2.48. The third kappa shape index (κ3) is 6.24. The van der Waals surface area contributed by atoms with Crippen LogP contribution in [0.4, 0.5) is 18.9 Å². The van der Waals surface area contributed by atoms with Crippen LogP contribution < -0.4 is 10.1 Å². The van der Waals surface area contributed by atoms with E-state index in [0.29, 0.717) is 17.4 Å². The van der Waals surface area contributed by atoms with E-state index in [0.717, 1.165) is 23.5 Å². The van der Waals surface area contributed by atoms with Crippen molar-refractivity contribution in [2.45, 2.75) is 25.0 Å². The zero-order valence-corrected chi connectivity index (χ0v) is 16.1. The summed E-state index contributed by atoms with van der Waals surface area (Å²) in [6, 6.07) is 14.8. The molecule has 0 aliphatic carbocycles. The monoisotopic (exact) mass is 422 g/mol. The summed E-state index contributed by atoms with van der Waals surface area (Å²) in [5.41, 5.74) is 1.45. The Morgan fingerprint density at radius 3 is 2.45 bits per heavy atom. The Morgan fingerprint density at radius 2 is 1.79 bits per heavy atom. The van der Waals surface area contributed by atoms with Crippen molar-refractivity contribution in [3.05, 3.63) is 66.0 Å². The second-order valence-corrected chi connectivity index (χ2v) is 6.95. The van der Waals surface area contributed by atoms with Crippen LogP contribution in [0.15, 0.2) is 59.8 Å². The predicted molar refractivity (Wildman–Crippen MR) is 103 cm³/mol. The number of amides is 1. The van der Waals surface area contributed by atoms with Gasteiger partial charge in [0.15, 0.2) is 5.16 Å². The van der Waals surface area contributed by atoms with Gasteiger partial charge in [0, 0.05) is 5.69 Å². The Bertz CT molecular complexity index is 960. The molecule has 6 nitrogen and oxygen atoms in total. The smallest absolute Gasteiger partial charge is 0.406 e. The molecule has 0 bridgehead atoms. The molecule has 2 aromatic carbocycles. The highest BCUT2D eigenvalue weighted by atomic mass is 32.2. The molecule has 0 spiro atoms. The van der Waals surface area contributed by atoms with Crippen LogP contribution in [-0.4, -0.2) is 32.8 Å². The summed E-state index contributed by atoms with van der Waals surface area (Å²) in [5.74, 6) is 0.144. The Labute approximate surface area is 169 Å². The Kier molecular flexibility index (Phi) is 6.42. The molecule has 0 aliphatic heterocycles. The average Bonchev–Trinajstić information content (AvgIpc) is 3.01. The molecule has 0 aliphatic rings. The van der Waals surface area contributed by atoms with Gasteiger partial charge < -0.3 is 14.6 Å². The van der Waals surface area contributed by atoms with Crippen molar-refractivity contribution in [3.63, 3.8) is 0 Å². The van der Waals surface area contributed by atoms with E-state index < -0.39 is 6.36 Å². The van der Waals surface area contributed by atoms with Crippen molar-refractivity contribution in [1.82, 2.24) is 14.8 Å². The lowest BCUT2D eigenvalue weighted by Gasteiger charge is -2.10. The number of hydrogen-bond acceptors (Lipinski definition) is 5. The van der Waals surface area contributed by atoms with E-state index in [4.69, 9.17) is 0 Å². The summed E-state index contributed by atoms with van der Waals surface area (Å²) in [6.45, 7) is 2.43. The molecule has 0 radical (unpaired) electrons. The fourth-order valence-corrected chi connectivity index (χ4v) is 3.27. The van der Waals surface area contributed by atoms with Crippen molar-refractivity contribution < 1.29 is 22.7 Å². The highest BCUT2D eigenvalue weighted by Crippen LogP contribution is 2.24. The first kappa shape index (κ1) is 20.7. The third-order valence-electron chi connectivity index (χ3n) is 3.79. The third-order valence-corrected chi connectivity index (χ3v) is 4.76. The van der Waals surface area contributed by atoms with Crippen molar-refractivity contribution >= 4 is 23.4 Å². The maximum atomic E-state index is 12.2. The predicted octanol–water partition coefficient (Wildman–Crippen LogP) is 4.26. The number of carbonyl (C=O) groups is 1. The first-order valence-corrected chi connectivity index (χ1v) is 9.51. The number of alkyl halides is 3. The van der Waals surface area contributed by atoms with Gasteiger partial charge in [0.25, 0.3) is 0 Å². The number of aryl methyl sites for hydroxylation is 1. The van der Waals surface area contributed by atoms with E-state index in [2.05, 4.69) is 20.3 Å². The minimum absolute atomic E-state index is 0.0771. The Morgan fingerprint density at radius 1 is 1.10 bits per heavy atom. The number of benzene rings is 2. The second-order valence-electron chi connectivity index (χ2n) is 6.01. The summed E-state index contributed by atoms with van der Waals surface area (Å²) in [5, 5.41) is 11.4. The van der Waals surface area contributed by atoms with Gasteiger partial charge in [-0.15, -0.1) is 23.4 Å². The Balaban J connectivity index is 1.56. The first-order chi connectivity index (χ1) is 13.8. The maximum Gasteiger partial charge on any atom is 0.573 e. The highest BCUT2D eigenvalue weighted by molar-refractivity contribution is 7.99. The van der Waals surface area contributed by atoms with Crippen molar-refractivity contribution in [2.24, 2.45) is 0 Å². The number of anilines is 1. The number of rotatable bonds is 7. The molecule has 1 N–H and O–H groups in total. The number of aromatic nitrogens is 3. The standard InChI is InChI=1S/C19H17F3N4O2S/c1-13-24-25-18(26(13)11-14-5-3-2-4-6-14)29-12-17(27)23-15-7-9-16(10-8-15)28-19(20,21)22/h2-10H,11-12H2,1H3,(H,23,27). The molecule has 1 aromatic heterocycles. The topological polar surface area (TPSA) is 69.0 Å². The lowest BCUT2D eigenvalue weighted by atomic mass is 10.2. The Hall–Kier alpha value is -3.01. The van der Waals surface area contributed by atoms with Crippen molar-refractivity contribution in [2.75, 3.05) is 11.1 Å². The van der Waals surface area contributed by atoms with Crippen LogP contribution in [0.3, 0.4) is 0 Å². The van der Waals surface area contributed by atoms with Gasteiger partial charge in [-0.3, -0.25) is 4.79 Å². The van der Waals surface area contributed by atoms with Crippen LogP contribution in [-0.2, 0) is 11.3 Å². The molecular weight excluding hydrogens is 405 g/mol. The zero-order valence-electron chi connectivity index (χ0n) is 15.3. The normalized spacial score (nSPS) is 11.3. The van der Waals surface area contributed by atoms with Gasteiger partial charge in [-0.25, -0.2) is 0 Å². The van der Waals surface area contributed by atoms with Crippen LogP contribution in [0.5, 0.6) is 5.75 Å². The molecule has 1 amide bonds. The van der Waals surface area contributed by atoms with Crippen LogP contribution in [0.25, 0.3) is 0 Å². The number of hydrogen-bond donors (Lipinski definition) is 1. The van der Waals surface area contributed by atoms with Gasteiger partial charge >= 0.3 is 6.36 Å².